The lowest BCUT2D eigenvalue weighted by Gasteiger charge is -2.16. The van der Waals surface area contributed by atoms with Crippen LogP contribution in [0.5, 0.6) is 5.75 Å². The minimum Gasteiger partial charge on any atom is -0.495 e. The average molecular weight is 363 g/mol. The lowest BCUT2D eigenvalue weighted by molar-refractivity contribution is 0.104. The summed E-state index contributed by atoms with van der Waals surface area (Å²) < 4.78 is 6.94. The largest absolute Gasteiger partial charge is 0.495 e. The van der Waals surface area contributed by atoms with E-state index >= 15 is 0 Å². The second-order valence-corrected chi connectivity index (χ2v) is 6.98. The summed E-state index contributed by atoms with van der Waals surface area (Å²) in [5.74, 6) is 0.421. The van der Waals surface area contributed by atoms with Gasteiger partial charge in [0.05, 0.1) is 35.8 Å². The van der Waals surface area contributed by atoms with Crippen molar-refractivity contribution in [2.24, 2.45) is 0 Å². The summed E-state index contributed by atoms with van der Waals surface area (Å²) in [6, 6.07) is 9.00. The zero-order valence-electron chi connectivity index (χ0n) is 15.7. The quantitative estimate of drug-likeness (QED) is 0.545. The molecule has 0 amide bonds. The Bertz CT molecular complexity index is 1120. The van der Waals surface area contributed by atoms with Gasteiger partial charge in [0.15, 0.2) is 5.78 Å². The lowest BCUT2D eigenvalue weighted by atomic mass is 10.0. The van der Waals surface area contributed by atoms with Crippen molar-refractivity contribution in [2.45, 2.75) is 13.0 Å². The fraction of sp³-hybridized carbons (Fsp3) is 0.286. The zero-order valence-corrected chi connectivity index (χ0v) is 15.7. The van der Waals surface area contributed by atoms with Crippen LogP contribution >= 0.6 is 0 Å². The van der Waals surface area contributed by atoms with E-state index < -0.39 is 0 Å². The molecule has 4 rings (SSSR count). The third-order valence-corrected chi connectivity index (χ3v) is 4.96. The van der Waals surface area contributed by atoms with Crippen LogP contribution in [0.4, 0.5) is 0 Å². The van der Waals surface area contributed by atoms with Crippen LogP contribution in [-0.2, 0) is 6.54 Å². The van der Waals surface area contributed by atoms with E-state index in [2.05, 4.69) is 9.88 Å². The number of fused-ring (bicyclic) bond motifs is 5. The first-order valence-electron chi connectivity index (χ1n) is 8.92. The second-order valence-electron chi connectivity index (χ2n) is 6.98. The van der Waals surface area contributed by atoms with Gasteiger partial charge in [0.1, 0.15) is 5.75 Å². The predicted octanol–water partition coefficient (Wildman–Crippen LogP) is 2.57. The fourth-order valence-corrected chi connectivity index (χ4v) is 3.69. The predicted molar refractivity (Wildman–Crippen MR) is 105 cm³/mol. The number of carbonyl (C=O) groups excluding carboxylic acids is 1. The molecule has 6 heteroatoms. The SMILES string of the molecule is COc1cnc2c(c1)C(=O)c1c-2n(CCCN(C)C)c(=O)c2ccccc12. The van der Waals surface area contributed by atoms with Crippen molar-refractivity contribution in [1.82, 2.24) is 14.5 Å². The van der Waals surface area contributed by atoms with E-state index in [4.69, 9.17) is 4.74 Å². The van der Waals surface area contributed by atoms with Gasteiger partial charge in [-0.2, -0.15) is 0 Å². The third-order valence-electron chi connectivity index (χ3n) is 4.96. The molecule has 0 fully saturated rings. The number of rotatable bonds is 5. The van der Waals surface area contributed by atoms with Crippen molar-refractivity contribution in [1.29, 1.82) is 0 Å². The zero-order chi connectivity index (χ0) is 19.1. The summed E-state index contributed by atoms with van der Waals surface area (Å²) in [7, 11) is 5.54. The number of hydrogen-bond acceptors (Lipinski definition) is 5. The van der Waals surface area contributed by atoms with Crippen LogP contribution in [0.2, 0.25) is 0 Å². The van der Waals surface area contributed by atoms with Gasteiger partial charge in [-0.3, -0.25) is 14.6 Å². The Kier molecular flexibility index (Phi) is 4.28. The molecule has 1 aliphatic carbocycles. The highest BCUT2D eigenvalue weighted by Gasteiger charge is 2.34. The Balaban J connectivity index is 1.99. The highest BCUT2D eigenvalue weighted by atomic mass is 16.5. The van der Waals surface area contributed by atoms with Gasteiger partial charge in [0.25, 0.3) is 5.56 Å². The molecular formula is C21H21N3O3. The third kappa shape index (κ3) is 2.73. The van der Waals surface area contributed by atoms with Crippen LogP contribution in [0, 0.1) is 0 Å². The Hall–Kier alpha value is -2.99. The van der Waals surface area contributed by atoms with E-state index in [1.54, 1.807) is 30.0 Å². The van der Waals surface area contributed by atoms with Crippen molar-refractivity contribution in [3.8, 4) is 17.1 Å². The molecule has 0 saturated heterocycles. The van der Waals surface area contributed by atoms with Gasteiger partial charge in [-0.05, 0) is 39.2 Å². The number of ketones is 1. The number of benzene rings is 1. The molecule has 1 aliphatic rings. The Labute approximate surface area is 157 Å². The number of hydrogen-bond donors (Lipinski definition) is 0. The van der Waals surface area contributed by atoms with Crippen molar-refractivity contribution in [3.63, 3.8) is 0 Å². The monoisotopic (exact) mass is 363 g/mol. The molecule has 2 aromatic heterocycles. The Morgan fingerprint density at radius 3 is 2.59 bits per heavy atom. The van der Waals surface area contributed by atoms with Gasteiger partial charge in [0, 0.05) is 17.3 Å². The van der Waals surface area contributed by atoms with E-state index in [0.717, 1.165) is 13.0 Å². The van der Waals surface area contributed by atoms with E-state index in [1.165, 1.54) is 0 Å². The molecular weight excluding hydrogens is 342 g/mol. The molecule has 0 atom stereocenters. The maximum Gasteiger partial charge on any atom is 0.258 e. The average Bonchev–Trinajstić information content (AvgIpc) is 2.96. The Morgan fingerprint density at radius 1 is 1.15 bits per heavy atom. The number of carbonyl (C=O) groups is 1. The van der Waals surface area contributed by atoms with Crippen molar-refractivity contribution >= 4 is 16.6 Å². The number of nitrogens with zero attached hydrogens (tertiary/aromatic N) is 3. The second kappa shape index (κ2) is 6.63. The molecule has 27 heavy (non-hydrogen) atoms. The summed E-state index contributed by atoms with van der Waals surface area (Å²) in [4.78, 5) is 32.9. The van der Waals surface area contributed by atoms with Gasteiger partial charge in [-0.15, -0.1) is 0 Å². The number of methoxy groups -OCH3 is 1. The molecule has 1 aromatic carbocycles. The normalized spacial score (nSPS) is 12.5. The topological polar surface area (TPSA) is 64.4 Å². The van der Waals surface area contributed by atoms with Crippen LogP contribution < -0.4 is 10.3 Å². The van der Waals surface area contributed by atoms with Crippen LogP contribution in [0.1, 0.15) is 22.3 Å². The van der Waals surface area contributed by atoms with E-state index in [-0.39, 0.29) is 11.3 Å². The van der Waals surface area contributed by atoms with Gasteiger partial charge < -0.3 is 14.2 Å². The minimum atomic E-state index is -0.107. The standard InChI is InChI=1S/C21H21N3O3/c1-23(2)9-6-10-24-19-17(14-7-4-5-8-15(14)21(24)26)20(25)16-11-13(27-3)12-22-18(16)19/h4-5,7-8,11-12H,6,9-10H2,1-3H3. The first kappa shape index (κ1) is 17.4. The number of pyridine rings is 2. The fourth-order valence-electron chi connectivity index (χ4n) is 3.69. The summed E-state index contributed by atoms with van der Waals surface area (Å²) in [5.41, 5.74) is 2.15. The van der Waals surface area contributed by atoms with Gasteiger partial charge in [-0.25, -0.2) is 0 Å². The molecule has 0 radical (unpaired) electrons. The molecule has 0 unspecified atom stereocenters. The summed E-state index contributed by atoms with van der Waals surface area (Å²) in [5, 5.41) is 1.25. The maximum absolute atomic E-state index is 13.2. The summed E-state index contributed by atoms with van der Waals surface area (Å²) in [6.45, 7) is 1.38. The smallest absolute Gasteiger partial charge is 0.258 e. The first-order valence-corrected chi connectivity index (χ1v) is 8.92. The maximum atomic E-state index is 13.2. The molecule has 2 heterocycles. The van der Waals surface area contributed by atoms with Gasteiger partial charge in [0.2, 0.25) is 0 Å². The minimum absolute atomic E-state index is 0.0821. The molecule has 0 saturated carbocycles. The highest BCUT2D eigenvalue weighted by Crippen LogP contribution is 2.39. The number of aromatic nitrogens is 2. The van der Waals surface area contributed by atoms with Crippen LogP contribution in [-0.4, -0.2) is 48.0 Å². The highest BCUT2D eigenvalue weighted by molar-refractivity contribution is 6.26. The van der Waals surface area contributed by atoms with Crippen molar-refractivity contribution in [2.75, 3.05) is 27.7 Å². The van der Waals surface area contributed by atoms with Gasteiger partial charge >= 0.3 is 0 Å². The number of ether oxygens (including phenoxy) is 1. The van der Waals surface area contributed by atoms with E-state index in [1.807, 2.05) is 32.3 Å². The van der Waals surface area contributed by atoms with Gasteiger partial charge in [-0.1, -0.05) is 18.2 Å². The molecule has 0 aliphatic heterocycles. The Morgan fingerprint density at radius 2 is 1.89 bits per heavy atom. The lowest BCUT2D eigenvalue weighted by Crippen LogP contribution is -2.25. The molecule has 0 N–H and O–H groups in total. The van der Waals surface area contributed by atoms with Crippen molar-refractivity contribution in [3.05, 3.63) is 58.0 Å². The molecule has 0 spiro atoms. The summed E-state index contributed by atoms with van der Waals surface area (Å²) >= 11 is 0. The van der Waals surface area contributed by atoms with E-state index in [0.29, 0.717) is 45.6 Å². The van der Waals surface area contributed by atoms with E-state index in [9.17, 15) is 9.59 Å². The molecule has 0 bridgehead atoms. The molecule has 3 aromatic rings. The molecule has 138 valence electrons. The van der Waals surface area contributed by atoms with Crippen LogP contribution in [0.25, 0.3) is 22.2 Å². The first-order chi connectivity index (χ1) is 13.0. The molecule has 6 nitrogen and oxygen atoms in total. The van der Waals surface area contributed by atoms with Crippen LogP contribution in [0.3, 0.4) is 0 Å². The summed E-state index contributed by atoms with van der Waals surface area (Å²) in [6.07, 6.45) is 2.39. The van der Waals surface area contributed by atoms with Crippen LogP contribution in [0.15, 0.2) is 41.3 Å². The van der Waals surface area contributed by atoms with Crippen molar-refractivity contribution < 1.29 is 9.53 Å².